The molecule has 0 unspecified atom stereocenters. The van der Waals surface area contributed by atoms with Crippen LogP contribution in [0.4, 0.5) is 13.2 Å². The zero-order valence-electron chi connectivity index (χ0n) is 9.80. The first-order chi connectivity index (χ1) is 8.27. The molecular weight excluding hydrogens is 339 g/mol. The van der Waals surface area contributed by atoms with Crippen molar-refractivity contribution in [2.75, 3.05) is 30.8 Å². The molecule has 0 aromatic heterocycles. The number of ether oxygens (including phenoxy) is 1. The van der Waals surface area contributed by atoms with Gasteiger partial charge in [0.25, 0.3) is 0 Å². The zero-order valence-corrected chi connectivity index (χ0v) is 12.2. The van der Waals surface area contributed by atoms with E-state index in [0.29, 0.717) is 25.0 Å². The smallest absolute Gasteiger partial charge is 0.381 e. The Hall–Kier alpha value is 0.140. The molecule has 18 heavy (non-hydrogen) atoms. The molecule has 0 aromatic carbocycles. The Kier molecular flexibility index (Phi) is 9.18. The topological polar surface area (TPSA) is 55.4 Å². The van der Waals surface area contributed by atoms with Crippen LogP contribution in [-0.4, -0.2) is 45.4 Å². The van der Waals surface area contributed by atoms with E-state index in [1.165, 1.54) is 0 Å². The molecule has 0 rings (SSSR count). The molecule has 0 heterocycles. The summed E-state index contributed by atoms with van der Waals surface area (Å²) in [7, 11) is -3.61. The van der Waals surface area contributed by atoms with Gasteiger partial charge in [-0.05, 0) is 12.8 Å². The van der Waals surface area contributed by atoms with Crippen molar-refractivity contribution in [2.45, 2.75) is 25.4 Å². The number of sulfonamides is 1. The molecule has 0 aromatic rings. The van der Waals surface area contributed by atoms with Crippen LogP contribution in [0.2, 0.25) is 0 Å². The minimum atomic E-state index is -4.31. The van der Waals surface area contributed by atoms with Crippen LogP contribution >= 0.6 is 15.9 Å². The molecule has 1 N–H and O–H groups in total. The Balaban J connectivity index is 3.62. The van der Waals surface area contributed by atoms with Crippen LogP contribution in [-0.2, 0) is 14.8 Å². The van der Waals surface area contributed by atoms with Gasteiger partial charge in [0.1, 0.15) is 0 Å². The van der Waals surface area contributed by atoms with Crippen molar-refractivity contribution in [1.82, 2.24) is 4.72 Å². The van der Waals surface area contributed by atoms with E-state index in [-0.39, 0.29) is 6.54 Å². The first-order valence-corrected chi connectivity index (χ1v) is 8.22. The van der Waals surface area contributed by atoms with Crippen molar-refractivity contribution in [3.63, 3.8) is 0 Å². The molecule has 0 aliphatic heterocycles. The molecule has 0 aliphatic rings. The minimum Gasteiger partial charge on any atom is -0.381 e. The maximum absolute atomic E-state index is 11.8. The largest absolute Gasteiger partial charge is 0.389 e. The summed E-state index contributed by atoms with van der Waals surface area (Å²) in [6.07, 6.45) is -5.31. The van der Waals surface area contributed by atoms with Crippen LogP contribution in [0, 0.1) is 0 Å². The highest BCUT2D eigenvalue weighted by Gasteiger charge is 2.27. The minimum absolute atomic E-state index is 0.177. The Morgan fingerprint density at radius 1 is 1.17 bits per heavy atom. The predicted molar refractivity (Wildman–Crippen MR) is 66.3 cm³/mol. The molecule has 0 amide bonds. The van der Waals surface area contributed by atoms with Crippen LogP contribution in [0.25, 0.3) is 0 Å². The SMILES string of the molecule is O=S(=O)(CCCC(F)(F)F)NCCCOCCBr. The van der Waals surface area contributed by atoms with Gasteiger partial charge >= 0.3 is 6.18 Å². The average molecular weight is 356 g/mol. The third kappa shape index (κ3) is 12.6. The Labute approximate surface area is 113 Å². The highest BCUT2D eigenvalue weighted by atomic mass is 79.9. The second kappa shape index (κ2) is 9.11. The van der Waals surface area contributed by atoms with Crippen molar-refractivity contribution in [3.05, 3.63) is 0 Å². The van der Waals surface area contributed by atoms with Crippen molar-refractivity contribution in [1.29, 1.82) is 0 Å². The number of hydrogen-bond donors (Lipinski definition) is 1. The van der Waals surface area contributed by atoms with Crippen molar-refractivity contribution in [2.24, 2.45) is 0 Å². The van der Waals surface area contributed by atoms with Crippen molar-refractivity contribution >= 4 is 26.0 Å². The fourth-order valence-electron chi connectivity index (χ4n) is 1.09. The molecule has 4 nitrogen and oxygen atoms in total. The van der Waals surface area contributed by atoms with Gasteiger partial charge in [0.05, 0.1) is 12.4 Å². The predicted octanol–water partition coefficient (Wildman–Crippen LogP) is 2.05. The number of alkyl halides is 4. The molecule has 0 aliphatic carbocycles. The maximum Gasteiger partial charge on any atom is 0.389 e. The summed E-state index contributed by atoms with van der Waals surface area (Å²) in [6.45, 7) is 1.13. The summed E-state index contributed by atoms with van der Waals surface area (Å²) < 4.78 is 65.3. The quantitative estimate of drug-likeness (QED) is 0.482. The second-order valence-corrected chi connectivity index (χ2v) is 6.31. The van der Waals surface area contributed by atoms with Crippen molar-refractivity contribution < 1.29 is 26.3 Å². The van der Waals surface area contributed by atoms with Gasteiger partial charge in [-0.3, -0.25) is 0 Å². The van der Waals surface area contributed by atoms with E-state index in [1.807, 2.05) is 0 Å². The number of halogens is 4. The van der Waals surface area contributed by atoms with Gasteiger partial charge in [-0.25, -0.2) is 13.1 Å². The lowest BCUT2D eigenvalue weighted by molar-refractivity contribution is -0.134. The zero-order chi connectivity index (χ0) is 14.1. The van der Waals surface area contributed by atoms with E-state index >= 15 is 0 Å². The van der Waals surface area contributed by atoms with Gasteiger partial charge < -0.3 is 4.74 Å². The van der Waals surface area contributed by atoms with Crippen LogP contribution in [0.15, 0.2) is 0 Å². The maximum atomic E-state index is 11.8. The lowest BCUT2D eigenvalue weighted by Gasteiger charge is -2.08. The first kappa shape index (κ1) is 18.1. The summed E-state index contributed by atoms with van der Waals surface area (Å²) in [5.74, 6) is -0.505. The fraction of sp³-hybridized carbons (Fsp3) is 1.00. The first-order valence-electron chi connectivity index (χ1n) is 5.44. The normalized spacial score (nSPS) is 12.9. The summed E-state index contributed by atoms with van der Waals surface area (Å²) >= 11 is 3.17. The molecule has 110 valence electrons. The van der Waals surface area contributed by atoms with Crippen LogP contribution in [0.1, 0.15) is 19.3 Å². The standard InChI is InChI=1S/C9H17BrF3NO3S/c10-4-7-17-6-2-5-14-18(15,16)8-1-3-9(11,12)13/h14H,1-8H2. The Bertz CT molecular complexity index is 309. The number of hydrogen-bond acceptors (Lipinski definition) is 3. The van der Waals surface area contributed by atoms with E-state index in [4.69, 9.17) is 4.74 Å². The van der Waals surface area contributed by atoms with E-state index in [0.717, 1.165) is 0 Å². The van der Waals surface area contributed by atoms with E-state index in [9.17, 15) is 21.6 Å². The molecule has 0 bridgehead atoms. The third-order valence-electron chi connectivity index (χ3n) is 1.88. The van der Waals surface area contributed by atoms with E-state index < -0.39 is 34.8 Å². The fourth-order valence-corrected chi connectivity index (χ4v) is 2.45. The molecule has 0 radical (unpaired) electrons. The van der Waals surface area contributed by atoms with Gasteiger partial charge in [0, 0.05) is 24.9 Å². The highest BCUT2D eigenvalue weighted by molar-refractivity contribution is 9.09. The van der Waals surface area contributed by atoms with E-state index in [2.05, 4.69) is 20.7 Å². The third-order valence-corrected chi connectivity index (χ3v) is 3.68. The van der Waals surface area contributed by atoms with Crippen LogP contribution in [0.3, 0.4) is 0 Å². The van der Waals surface area contributed by atoms with Gasteiger partial charge in [0.15, 0.2) is 0 Å². The van der Waals surface area contributed by atoms with Crippen molar-refractivity contribution in [3.8, 4) is 0 Å². The summed E-state index contributed by atoms with van der Waals surface area (Å²) in [6, 6.07) is 0. The molecular formula is C9H17BrF3NO3S. The number of rotatable bonds is 10. The molecule has 0 spiro atoms. The molecule has 0 atom stereocenters. The summed E-state index contributed by atoms with van der Waals surface area (Å²) in [5, 5.41) is 0.705. The van der Waals surface area contributed by atoms with E-state index in [1.54, 1.807) is 0 Å². The molecule has 9 heteroatoms. The Morgan fingerprint density at radius 2 is 1.83 bits per heavy atom. The summed E-state index contributed by atoms with van der Waals surface area (Å²) in [4.78, 5) is 0. The van der Waals surface area contributed by atoms with Gasteiger partial charge in [-0.1, -0.05) is 15.9 Å². The second-order valence-electron chi connectivity index (χ2n) is 3.59. The lowest BCUT2D eigenvalue weighted by Crippen LogP contribution is -2.28. The number of nitrogens with one attached hydrogen (secondary N) is 1. The van der Waals surface area contributed by atoms with Gasteiger partial charge in [-0.15, -0.1) is 0 Å². The van der Waals surface area contributed by atoms with Crippen LogP contribution < -0.4 is 4.72 Å². The summed E-state index contributed by atoms with van der Waals surface area (Å²) in [5.41, 5.74) is 0. The molecule has 0 saturated heterocycles. The van der Waals surface area contributed by atoms with Gasteiger partial charge in [0.2, 0.25) is 10.0 Å². The van der Waals surface area contributed by atoms with Crippen LogP contribution in [0.5, 0.6) is 0 Å². The lowest BCUT2D eigenvalue weighted by atomic mass is 10.3. The monoisotopic (exact) mass is 355 g/mol. The highest BCUT2D eigenvalue weighted by Crippen LogP contribution is 2.21. The molecule has 0 fully saturated rings. The Morgan fingerprint density at radius 3 is 2.39 bits per heavy atom. The molecule has 0 saturated carbocycles. The van der Waals surface area contributed by atoms with Gasteiger partial charge in [-0.2, -0.15) is 13.2 Å². The average Bonchev–Trinajstić information content (AvgIpc) is 2.21.